The Balaban J connectivity index is 1.67. The van der Waals surface area contributed by atoms with Gasteiger partial charge in [-0.1, -0.05) is 67.0 Å². The second-order valence-corrected chi connectivity index (χ2v) is 9.59. The number of nitrogens with zero attached hydrogens (tertiary/aromatic N) is 3. The van der Waals surface area contributed by atoms with E-state index in [4.69, 9.17) is 27.9 Å². The Morgan fingerprint density at radius 2 is 1.94 bits per heavy atom. The van der Waals surface area contributed by atoms with Crippen LogP contribution in [0.15, 0.2) is 54.2 Å². The summed E-state index contributed by atoms with van der Waals surface area (Å²) in [6.07, 6.45) is 1.76. The lowest BCUT2D eigenvalue weighted by Crippen LogP contribution is -2.15. The van der Waals surface area contributed by atoms with E-state index in [2.05, 4.69) is 48.1 Å². The maximum absolute atomic E-state index is 12.4. The summed E-state index contributed by atoms with van der Waals surface area (Å²) in [4.78, 5) is 12.4. The fraction of sp³-hybridized carbons (Fsp3) is 0.292. The van der Waals surface area contributed by atoms with Crippen LogP contribution in [0.5, 0.6) is 5.75 Å². The van der Waals surface area contributed by atoms with Crippen molar-refractivity contribution in [2.45, 2.75) is 45.0 Å². The highest BCUT2D eigenvalue weighted by atomic mass is 35.5. The molecule has 174 valence electrons. The van der Waals surface area contributed by atoms with Gasteiger partial charge in [0.2, 0.25) is 5.91 Å². The van der Waals surface area contributed by atoms with Gasteiger partial charge in [-0.05, 0) is 48.2 Å². The number of benzene rings is 2. The smallest absolute Gasteiger partial charge is 0.234 e. The van der Waals surface area contributed by atoms with Crippen LogP contribution in [-0.4, -0.2) is 26.4 Å². The molecule has 2 aromatic carbocycles. The van der Waals surface area contributed by atoms with Crippen molar-refractivity contribution in [3.05, 3.63) is 76.0 Å². The van der Waals surface area contributed by atoms with E-state index >= 15 is 0 Å². The van der Waals surface area contributed by atoms with Crippen LogP contribution in [0.2, 0.25) is 10.0 Å². The molecule has 0 spiro atoms. The number of nitrogens with one attached hydrogen (secondary N) is 1. The van der Waals surface area contributed by atoms with Crippen LogP contribution in [-0.2, 0) is 17.9 Å². The number of amides is 1. The summed E-state index contributed by atoms with van der Waals surface area (Å²) in [5.74, 6) is 1.79. The van der Waals surface area contributed by atoms with Gasteiger partial charge >= 0.3 is 0 Å². The SMILES string of the molecule is C=CCn1c(COc2cc(C)ccc2C(C)C)nnc1SCC(=O)Nc1cc(Cl)cc(Cl)c1. The number of hydrogen-bond acceptors (Lipinski definition) is 5. The fourth-order valence-electron chi connectivity index (χ4n) is 3.18. The summed E-state index contributed by atoms with van der Waals surface area (Å²) in [5.41, 5.74) is 2.81. The average molecular weight is 505 g/mol. The number of rotatable bonds is 10. The first-order valence-corrected chi connectivity index (χ1v) is 12.2. The Labute approximate surface area is 208 Å². The molecule has 0 atom stereocenters. The van der Waals surface area contributed by atoms with E-state index in [1.807, 2.05) is 17.6 Å². The average Bonchev–Trinajstić information content (AvgIpc) is 3.11. The maximum Gasteiger partial charge on any atom is 0.234 e. The Hall–Kier alpha value is -2.48. The van der Waals surface area contributed by atoms with Crippen molar-refractivity contribution in [2.75, 3.05) is 11.1 Å². The Bertz CT molecular complexity index is 1130. The molecule has 1 aromatic heterocycles. The molecule has 0 unspecified atom stereocenters. The third-order valence-electron chi connectivity index (χ3n) is 4.73. The highest BCUT2D eigenvalue weighted by Crippen LogP contribution is 2.28. The van der Waals surface area contributed by atoms with Crippen molar-refractivity contribution >= 4 is 46.6 Å². The zero-order valence-electron chi connectivity index (χ0n) is 18.8. The zero-order chi connectivity index (χ0) is 24.0. The fourth-order valence-corrected chi connectivity index (χ4v) is 4.48. The summed E-state index contributed by atoms with van der Waals surface area (Å²) < 4.78 is 8.02. The second-order valence-electron chi connectivity index (χ2n) is 7.78. The van der Waals surface area contributed by atoms with Gasteiger partial charge in [-0.25, -0.2) is 0 Å². The molecule has 0 aliphatic heterocycles. The van der Waals surface area contributed by atoms with Gasteiger partial charge < -0.3 is 10.1 Å². The largest absolute Gasteiger partial charge is 0.485 e. The third-order valence-corrected chi connectivity index (χ3v) is 6.13. The van der Waals surface area contributed by atoms with Crippen LogP contribution in [0.25, 0.3) is 0 Å². The predicted octanol–water partition coefficient (Wildman–Crippen LogP) is 6.51. The Morgan fingerprint density at radius 1 is 1.21 bits per heavy atom. The van der Waals surface area contributed by atoms with Gasteiger partial charge in [0.25, 0.3) is 0 Å². The van der Waals surface area contributed by atoms with Gasteiger partial charge in [0.1, 0.15) is 12.4 Å². The standard InChI is InChI=1S/C24H26Cl2N4O2S/c1-5-8-30-22(13-32-21-9-16(4)6-7-20(21)15(2)3)28-29-24(30)33-14-23(31)27-19-11-17(25)10-18(26)12-19/h5-7,9-12,15H,1,8,13-14H2,2-4H3,(H,27,31). The summed E-state index contributed by atoms with van der Waals surface area (Å²) in [5, 5.41) is 12.8. The van der Waals surface area contributed by atoms with Crippen LogP contribution in [0.1, 0.15) is 36.7 Å². The normalized spacial score (nSPS) is 11.0. The molecule has 0 saturated heterocycles. The molecule has 0 fully saturated rings. The van der Waals surface area contributed by atoms with Crippen molar-refractivity contribution in [3.63, 3.8) is 0 Å². The van der Waals surface area contributed by atoms with Crippen LogP contribution in [0, 0.1) is 6.92 Å². The van der Waals surface area contributed by atoms with E-state index in [1.165, 1.54) is 11.8 Å². The number of allylic oxidation sites excluding steroid dienone is 1. The molecule has 0 radical (unpaired) electrons. The van der Waals surface area contributed by atoms with Crippen LogP contribution in [0.3, 0.4) is 0 Å². The molecule has 0 aliphatic carbocycles. The summed E-state index contributed by atoms with van der Waals surface area (Å²) in [6, 6.07) is 11.1. The highest BCUT2D eigenvalue weighted by Gasteiger charge is 2.16. The van der Waals surface area contributed by atoms with E-state index in [9.17, 15) is 4.79 Å². The van der Waals surface area contributed by atoms with Gasteiger partial charge in [-0.15, -0.1) is 16.8 Å². The highest BCUT2D eigenvalue weighted by molar-refractivity contribution is 7.99. The lowest BCUT2D eigenvalue weighted by molar-refractivity contribution is -0.113. The second kappa shape index (κ2) is 11.6. The van der Waals surface area contributed by atoms with Crippen LogP contribution >= 0.6 is 35.0 Å². The quantitative estimate of drug-likeness (QED) is 0.251. The van der Waals surface area contributed by atoms with Crippen molar-refractivity contribution in [1.29, 1.82) is 0 Å². The third kappa shape index (κ3) is 7.00. The zero-order valence-corrected chi connectivity index (χ0v) is 21.1. The first kappa shape index (κ1) is 25.1. The summed E-state index contributed by atoms with van der Waals surface area (Å²) in [6.45, 7) is 10.9. The monoisotopic (exact) mass is 504 g/mol. The van der Waals surface area contributed by atoms with E-state index in [0.717, 1.165) is 16.9 Å². The van der Waals surface area contributed by atoms with Gasteiger partial charge in [0.05, 0.1) is 5.75 Å². The molecule has 33 heavy (non-hydrogen) atoms. The molecule has 0 aliphatic rings. The minimum Gasteiger partial charge on any atom is -0.485 e. The van der Waals surface area contributed by atoms with Gasteiger partial charge in [0, 0.05) is 22.3 Å². The van der Waals surface area contributed by atoms with E-state index in [-0.39, 0.29) is 18.3 Å². The number of thioether (sulfide) groups is 1. The molecule has 0 saturated carbocycles. The van der Waals surface area contributed by atoms with Crippen LogP contribution < -0.4 is 10.1 Å². The molecule has 1 heterocycles. The molecular formula is C24H26Cl2N4O2S. The Kier molecular flexibility index (Phi) is 8.83. The number of carbonyl (C=O) groups is 1. The lowest BCUT2D eigenvalue weighted by atomic mass is 10.0. The lowest BCUT2D eigenvalue weighted by Gasteiger charge is -2.15. The molecular weight excluding hydrogens is 479 g/mol. The Morgan fingerprint density at radius 3 is 2.61 bits per heavy atom. The number of carbonyl (C=O) groups excluding carboxylic acids is 1. The molecule has 0 bridgehead atoms. The van der Waals surface area contributed by atoms with Gasteiger partial charge in [-0.3, -0.25) is 9.36 Å². The number of aryl methyl sites for hydroxylation is 1. The molecule has 3 rings (SSSR count). The predicted molar refractivity (Wildman–Crippen MR) is 136 cm³/mol. The number of hydrogen-bond donors (Lipinski definition) is 1. The summed E-state index contributed by atoms with van der Waals surface area (Å²) >= 11 is 13.3. The molecule has 1 amide bonds. The maximum atomic E-state index is 12.4. The van der Waals surface area contributed by atoms with Gasteiger partial charge in [0.15, 0.2) is 11.0 Å². The number of anilines is 1. The summed E-state index contributed by atoms with van der Waals surface area (Å²) in [7, 11) is 0. The number of halogens is 2. The van der Waals surface area contributed by atoms with E-state index < -0.39 is 0 Å². The topological polar surface area (TPSA) is 69.0 Å². The number of aromatic nitrogens is 3. The molecule has 9 heteroatoms. The van der Waals surface area contributed by atoms with Crippen molar-refractivity contribution < 1.29 is 9.53 Å². The van der Waals surface area contributed by atoms with Gasteiger partial charge in [-0.2, -0.15) is 0 Å². The van der Waals surface area contributed by atoms with E-state index in [1.54, 1.807) is 24.3 Å². The van der Waals surface area contributed by atoms with E-state index in [0.29, 0.717) is 39.2 Å². The molecule has 1 N–H and O–H groups in total. The molecule has 3 aromatic rings. The van der Waals surface area contributed by atoms with Crippen molar-refractivity contribution in [1.82, 2.24) is 14.8 Å². The van der Waals surface area contributed by atoms with Crippen molar-refractivity contribution in [2.24, 2.45) is 0 Å². The van der Waals surface area contributed by atoms with Crippen molar-refractivity contribution in [3.8, 4) is 5.75 Å². The minimum atomic E-state index is -0.203. The number of ether oxygens (including phenoxy) is 1. The van der Waals surface area contributed by atoms with Crippen LogP contribution in [0.4, 0.5) is 5.69 Å². The first-order valence-electron chi connectivity index (χ1n) is 10.4. The molecule has 6 nitrogen and oxygen atoms in total. The first-order chi connectivity index (χ1) is 15.8. The minimum absolute atomic E-state index is 0.148.